The molecule has 1 saturated carbocycles. The summed E-state index contributed by atoms with van der Waals surface area (Å²) >= 11 is 0. The van der Waals surface area contributed by atoms with Crippen LogP contribution in [0, 0.1) is 6.92 Å². The lowest BCUT2D eigenvalue weighted by Gasteiger charge is -2.20. The fourth-order valence-electron chi connectivity index (χ4n) is 2.53. The Hall–Kier alpha value is -1.62. The second-order valence-corrected chi connectivity index (χ2v) is 4.78. The van der Waals surface area contributed by atoms with Gasteiger partial charge in [0, 0.05) is 7.11 Å². The van der Waals surface area contributed by atoms with E-state index in [1.807, 2.05) is 6.07 Å². The molecule has 0 saturated heterocycles. The van der Waals surface area contributed by atoms with Crippen LogP contribution in [0.1, 0.15) is 35.3 Å². The first-order chi connectivity index (χ1) is 9.15. The number of carbonyl (C=O) groups excluding carboxylic acids is 1. The van der Waals surface area contributed by atoms with Crippen LogP contribution in [0.4, 0.5) is 5.82 Å². The number of pyridine rings is 1. The van der Waals surface area contributed by atoms with E-state index >= 15 is 0 Å². The molecule has 1 aromatic heterocycles. The highest BCUT2D eigenvalue weighted by Gasteiger charge is 2.27. The molecule has 1 N–H and O–H groups in total. The minimum Gasteiger partial charge on any atom is -0.465 e. The van der Waals surface area contributed by atoms with Gasteiger partial charge in [-0.25, -0.2) is 9.78 Å². The van der Waals surface area contributed by atoms with Crippen molar-refractivity contribution in [2.45, 2.75) is 38.3 Å². The summed E-state index contributed by atoms with van der Waals surface area (Å²) in [5.74, 6) is 0.422. The number of hydrogen-bond acceptors (Lipinski definition) is 5. The molecule has 19 heavy (non-hydrogen) atoms. The first kappa shape index (κ1) is 13.8. The zero-order valence-electron chi connectivity index (χ0n) is 11.6. The third-order valence-corrected chi connectivity index (χ3v) is 3.58. The van der Waals surface area contributed by atoms with E-state index in [1.54, 1.807) is 20.1 Å². The molecule has 0 aliphatic heterocycles. The van der Waals surface area contributed by atoms with Gasteiger partial charge in [0.25, 0.3) is 0 Å². The smallest absolute Gasteiger partial charge is 0.339 e. The van der Waals surface area contributed by atoms with Crippen molar-refractivity contribution in [1.29, 1.82) is 0 Å². The molecule has 1 aromatic rings. The van der Waals surface area contributed by atoms with Crippen LogP contribution >= 0.6 is 0 Å². The van der Waals surface area contributed by atoms with E-state index in [0.29, 0.717) is 17.3 Å². The lowest BCUT2D eigenvalue weighted by Crippen LogP contribution is -2.30. The Kier molecular flexibility index (Phi) is 4.37. The summed E-state index contributed by atoms with van der Waals surface area (Å²) in [6.45, 7) is 1.81. The van der Waals surface area contributed by atoms with Gasteiger partial charge in [-0.05, 0) is 38.3 Å². The third-order valence-electron chi connectivity index (χ3n) is 3.58. The topological polar surface area (TPSA) is 60.5 Å². The minimum atomic E-state index is -0.354. The van der Waals surface area contributed by atoms with E-state index in [2.05, 4.69) is 10.3 Å². The van der Waals surface area contributed by atoms with Crippen LogP contribution in [0.25, 0.3) is 0 Å². The van der Waals surface area contributed by atoms with Crippen LogP contribution < -0.4 is 5.32 Å². The number of esters is 1. The number of methoxy groups -OCH3 is 2. The van der Waals surface area contributed by atoms with Crippen LogP contribution in [-0.2, 0) is 9.47 Å². The summed E-state index contributed by atoms with van der Waals surface area (Å²) in [5.41, 5.74) is 1.17. The average Bonchev–Trinajstić information content (AvgIpc) is 2.85. The lowest BCUT2D eigenvalue weighted by molar-refractivity contribution is 0.0599. The molecule has 2 unspecified atom stereocenters. The van der Waals surface area contributed by atoms with Crippen molar-refractivity contribution in [3.05, 3.63) is 23.4 Å². The van der Waals surface area contributed by atoms with E-state index in [1.165, 1.54) is 7.11 Å². The molecule has 0 aromatic carbocycles. The van der Waals surface area contributed by atoms with Crippen molar-refractivity contribution in [2.75, 3.05) is 19.5 Å². The van der Waals surface area contributed by atoms with Gasteiger partial charge in [0.1, 0.15) is 5.82 Å². The second-order valence-electron chi connectivity index (χ2n) is 4.78. The fourth-order valence-corrected chi connectivity index (χ4v) is 2.53. The van der Waals surface area contributed by atoms with Crippen molar-refractivity contribution in [3.8, 4) is 0 Å². The Labute approximate surface area is 113 Å². The van der Waals surface area contributed by atoms with Gasteiger partial charge < -0.3 is 14.8 Å². The summed E-state index contributed by atoms with van der Waals surface area (Å²) in [6, 6.07) is 3.85. The Morgan fingerprint density at radius 3 is 2.79 bits per heavy atom. The average molecular weight is 264 g/mol. The largest absolute Gasteiger partial charge is 0.465 e. The number of ether oxygens (including phenoxy) is 2. The number of aromatic nitrogens is 1. The molecule has 5 nitrogen and oxygen atoms in total. The maximum absolute atomic E-state index is 11.5. The predicted octanol–water partition coefficient (Wildman–Crippen LogP) is 2.16. The molecule has 0 amide bonds. The Morgan fingerprint density at radius 1 is 1.37 bits per heavy atom. The number of anilines is 1. The third kappa shape index (κ3) is 3.04. The number of hydrogen-bond donors (Lipinski definition) is 1. The van der Waals surface area contributed by atoms with Gasteiger partial charge in [-0.1, -0.05) is 0 Å². The predicted molar refractivity (Wildman–Crippen MR) is 72.4 cm³/mol. The van der Waals surface area contributed by atoms with Crippen LogP contribution in [0.3, 0.4) is 0 Å². The zero-order valence-corrected chi connectivity index (χ0v) is 11.6. The second kappa shape index (κ2) is 6.02. The van der Waals surface area contributed by atoms with Crippen molar-refractivity contribution >= 4 is 11.8 Å². The molecule has 5 heteroatoms. The standard InChI is InChI=1S/C14H20N2O3/c1-9-10(14(17)19-3)7-8-13(15-9)16-11-5-4-6-12(11)18-2/h7-8,11-12H,4-6H2,1-3H3,(H,15,16). The monoisotopic (exact) mass is 264 g/mol. The highest BCUT2D eigenvalue weighted by atomic mass is 16.5. The Morgan fingerprint density at radius 2 is 2.16 bits per heavy atom. The number of nitrogens with one attached hydrogen (secondary N) is 1. The number of rotatable bonds is 4. The van der Waals surface area contributed by atoms with Gasteiger partial charge in [-0.3, -0.25) is 0 Å². The molecular formula is C14H20N2O3. The van der Waals surface area contributed by atoms with Crippen molar-refractivity contribution in [2.24, 2.45) is 0 Å². The van der Waals surface area contributed by atoms with Gasteiger partial charge in [0.15, 0.2) is 0 Å². The quantitative estimate of drug-likeness (QED) is 0.844. The normalized spacial score (nSPS) is 22.3. The molecule has 104 valence electrons. The van der Waals surface area contributed by atoms with Gasteiger partial charge in [0.05, 0.1) is 30.5 Å². The van der Waals surface area contributed by atoms with E-state index in [-0.39, 0.29) is 12.1 Å². The molecule has 1 fully saturated rings. The highest BCUT2D eigenvalue weighted by molar-refractivity contribution is 5.90. The molecule has 2 rings (SSSR count). The molecule has 1 aliphatic carbocycles. The molecule has 0 bridgehead atoms. The summed E-state index contributed by atoms with van der Waals surface area (Å²) < 4.78 is 10.1. The maximum Gasteiger partial charge on any atom is 0.339 e. The summed E-state index contributed by atoms with van der Waals surface area (Å²) in [5, 5.41) is 3.38. The lowest BCUT2D eigenvalue weighted by atomic mass is 10.2. The first-order valence-corrected chi connectivity index (χ1v) is 6.51. The SMILES string of the molecule is COC(=O)c1ccc(NC2CCCC2OC)nc1C. The van der Waals surface area contributed by atoms with E-state index in [0.717, 1.165) is 25.1 Å². The number of carbonyl (C=O) groups is 1. The molecular weight excluding hydrogens is 244 g/mol. The zero-order chi connectivity index (χ0) is 13.8. The molecule has 1 aliphatic rings. The van der Waals surface area contributed by atoms with Crippen LogP contribution in [0.15, 0.2) is 12.1 Å². The van der Waals surface area contributed by atoms with Gasteiger partial charge in [0.2, 0.25) is 0 Å². The van der Waals surface area contributed by atoms with Crippen LogP contribution in [0.5, 0.6) is 0 Å². The summed E-state index contributed by atoms with van der Waals surface area (Å²) in [7, 11) is 3.11. The summed E-state index contributed by atoms with van der Waals surface area (Å²) in [6.07, 6.45) is 3.56. The summed E-state index contributed by atoms with van der Waals surface area (Å²) in [4.78, 5) is 15.9. The van der Waals surface area contributed by atoms with Crippen molar-refractivity contribution < 1.29 is 14.3 Å². The Bertz CT molecular complexity index is 462. The molecule has 1 heterocycles. The van der Waals surface area contributed by atoms with Crippen LogP contribution in [0.2, 0.25) is 0 Å². The maximum atomic E-state index is 11.5. The van der Waals surface area contributed by atoms with E-state index in [4.69, 9.17) is 9.47 Å². The highest BCUT2D eigenvalue weighted by Crippen LogP contribution is 2.24. The van der Waals surface area contributed by atoms with Gasteiger partial charge in [-0.2, -0.15) is 0 Å². The Balaban J connectivity index is 2.10. The molecule has 0 spiro atoms. The van der Waals surface area contributed by atoms with E-state index in [9.17, 15) is 4.79 Å². The van der Waals surface area contributed by atoms with Gasteiger partial charge in [-0.15, -0.1) is 0 Å². The van der Waals surface area contributed by atoms with Crippen molar-refractivity contribution in [3.63, 3.8) is 0 Å². The molecule has 0 radical (unpaired) electrons. The van der Waals surface area contributed by atoms with Crippen molar-refractivity contribution in [1.82, 2.24) is 4.98 Å². The van der Waals surface area contributed by atoms with Crippen LogP contribution in [-0.4, -0.2) is 37.3 Å². The fraction of sp³-hybridized carbons (Fsp3) is 0.571. The number of aryl methyl sites for hydroxylation is 1. The van der Waals surface area contributed by atoms with Gasteiger partial charge >= 0.3 is 5.97 Å². The van der Waals surface area contributed by atoms with E-state index < -0.39 is 0 Å². The first-order valence-electron chi connectivity index (χ1n) is 6.51. The number of nitrogens with zero attached hydrogens (tertiary/aromatic N) is 1. The minimum absolute atomic E-state index is 0.238. The molecule has 2 atom stereocenters.